The molecule has 0 fully saturated rings. The van der Waals surface area contributed by atoms with Gasteiger partial charge in [-0.25, -0.2) is 8.78 Å². The van der Waals surface area contributed by atoms with Gasteiger partial charge in [-0.1, -0.05) is 103 Å². The van der Waals surface area contributed by atoms with Crippen molar-refractivity contribution in [2.45, 2.75) is 147 Å². The van der Waals surface area contributed by atoms with E-state index >= 15 is 0 Å². The summed E-state index contributed by atoms with van der Waals surface area (Å²) < 4.78 is 114. The van der Waals surface area contributed by atoms with Gasteiger partial charge in [0, 0.05) is 6.61 Å². The zero-order valence-corrected chi connectivity index (χ0v) is 23.1. The smallest absolute Gasteiger partial charge is 0.380 e. The van der Waals surface area contributed by atoms with Crippen LogP contribution in [-0.4, -0.2) is 46.0 Å². The number of hydrogen-bond donors (Lipinski definition) is 0. The molecule has 0 aromatic rings. The van der Waals surface area contributed by atoms with E-state index in [1.165, 1.54) is 83.7 Å². The summed E-state index contributed by atoms with van der Waals surface area (Å²) >= 11 is 0. The molecule has 0 aromatic carbocycles. The fourth-order valence-electron chi connectivity index (χ4n) is 3.75. The Morgan fingerprint density at radius 2 is 0.944 bits per heavy atom. The minimum Gasteiger partial charge on any atom is -0.395 e. The van der Waals surface area contributed by atoms with Crippen LogP contribution in [0.2, 0.25) is 13.1 Å². The van der Waals surface area contributed by atoms with E-state index in [2.05, 4.69) is 6.92 Å². The van der Waals surface area contributed by atoms with E-state index in [0.717, 1.165) is 25.7 Å². The summed E-state index contributed by atoms with van der Waals surface area (Å²) in [6, 6.07) is 0. The second-order valence-electron chi connectivity index (χ2n) is 10.0. The van der Waals surface area contributed by atoms with Crippen LogP contribution in [0, 0.1) is 0 Å². The Balaban J connectivity index is 3.84. The number of halogens is 8. The predicted molar refractivity (Wildman–Crippen MR) is 130 cm³/mol. The van der Waals surface area contributed by atoms with Gasteiger partial charge in [0.1, 0.15) is 6.61 Å². The summed E-state index contributed by atoms with van der Waals surface area (Å²) in [7, 11) is -3.33. The summed E-state index contributed by atoms with van der Waals surface area (Å²) in [6.45, 7) is 2.87. The number of rotatable bonds is 24. The summed E-state index contributed by atoms with van der Waals surface area (Å²) in [5.41, 5.74) is 0. The van der Waals surface area contributed by atoms with Gasteiger partial charge < -0.3 is 8.85 Å². The van der Waals surface area contributed by atoms with Crippen molar-refractivity contribution in [2.24, 2.45) is 0 Å². The van der Waals surface area contributed by atoms with Crippen LogP contribution in [0.1, 0.15) is 110 Å². The number of unbranched alkanes of at least 4 members (excludes halogenated alkanes) is 15. The zero-order chi connectivity index (χ0) is 27.7. The molecule has 218 valence electrons. The van der Waals surface area contributed by atoms with Gasteiger partial charge in [-0.05, 0) is 19.5 Å². The maximum absolute atomic E-state index is 13.6. The van der Waals surface area contributed by atoms with E-state index in [-0.39, 0.29) is 6.61 Å². The molecule has 0 aromatic heterocycles. The van der Waals surface area contributed by atoms with Crippen LogP contribution in [0.3, 0.4) is 0 Å². The Hall–Kier alpha value is -0.423. The lowest BCUT2D eigenvalue weighted by Crippen LogP contribution is -2.60. The summed E-state index contributed by atoms with van der Waals surface area (Å²) in [5.74, 6) is -17.9. The third-order valence-electron chi connectivity index (χ3n) is 6.20. The average molecular weight is 559 g/mol. The third-order valence-corrected chi connectivity index (χ3v) is 7.94. The number of hydrogen-bond acceptors (Lipinski definition) is 2. The zero-order valence-electron chi connectivity index (χ0n) is 22.1. The van der Waals surface area contributed by atoms with Crippen molar-refractivity contribution < 1.29 is 44.0 Å². The molecule has 0 saturated carbocycles. The summed E-state index contributed by atoms with van der Waals surface area (Å²) in [5, 5.41) is 0. The molecule has 0 rings (SSSR count). The molecule has 0 bridgehead atoms. The van der Waals surface area contributed by atoms with Crippen LogP contribution in [0.25, 0.3) is 0 Å². The van der Waals surface area contributed by atoms with Gasteiger partial charge in [-0.3, -0.25) is 0 Å². The molecule has 36 heavy (non-hydrogen) atoms. The second-order valence-corrected chi connectivity index (χ2v) is 13.4. The van der Waals surface area contributed by atoms with Gasteiger partial charge in [0.15, 0.2) is 0 Å². The Bertz CT molecular complexity index is 548. The van der Waals surface area contributed by atoms with Crippen molar-refractivity contribution >= 4 is 8.56 Å². The van der Waals surface area contributed by atoms with Crippen LogP contribution in [0.4, 0.5) is 35.1 Å². The lowest BCUT2D eigenvalue weighted by atomic mass is 10.0. The lowest BCUT2D eigenvalue weighted by Gasteiger charge is -2.34. The lowest BCUT2D eigenvalue weighted by molar-refractivity contribution is -0.343. The highest BCUT2D eigenvalue weighted by Gasteiger charge is 2.75. The molecule has 0 aliphatic carbocycles. The first-order chi connectivity index (χ1) is 16.7. The number of alkyl halides is 8. The monoisotopic (exact) mass is 558 g/mol. The van der Waals surface area contributed by atoms with E-state index in [1.807, 2.05) is 0 Å². The van der Waals surface area contributed by atoms with Crippen molar-refractivity contribution in [3.63, 3.8) is 0 Å². The van der Waals surface area contributed by atoms with Crippen LogP contribution >= 0.6 is 0 Å². The fourth-order valence-corrected chi connectivity index (χ4v) is 4.99. The second kappa shape index (κ2) is 18.0. The van der Waals surface area contributed by atoms with Gasteiger partial charge in [0.25, 0.3) is 0 Å². The van der Waals surface area contributed by atoms with E-state index in [9.17, 15) is 35.1 Å². The van der Waals surface area contributed by atoms with Crippen molar-refractivity contribution in [2.75, 3.05) is 13.2 Å². The SMILES string of the molecule is CCCCCCCCCCCCCCCCCCO[Si](C)(C)OCC(F)(F)C(F)(F)C(F)(F)C(F)F. The van der Waals surface area contributed by atoms with Crippen LogP contribution in [-0.2, 0) is 8.85 Å². The van der Waals surface area contributed by atoms with Crippen LogP contribution in [0.15, 0.2) is 0 Å². The van der Waals surface area contributed by atoms with Crippen molar-refractivity contribution in [1.82, 2.24) is 0 Å². The van der Waals surface area contributed by atoms with Gasteiger partial charge >= 0.3 is 32.8 Å². The highest BCUT2D eigenvalue weighted by atomic mass is 28.4. The maximum Gasteiger partial charge on any atom is 0.380 e. The largest absolute Gasteiger partial charge is 0.395 e. The van der Waals surface area contributed by atoms with Crippen molar-refractivity contribution in [3.8, 4) is 0 Å². The Kier molecular flexibility index (Phi) is 17.8. The standard InChI is InChI=1S/C25H46F8O2Si/c1-4-5-6-7-8-9-10-11-12-13-14-15-16-17-18-19-20-34-36(2,3)35-21-23(28,29)25(32,33)24(30,31)22(26)27/h22H,4-21H2,1-3H3. The molecule has 0 aliphatic rings. The molecule has 0 atom stereocenters. The molecule has 0 unspecified atom stereocenters. The predicted octanol–water partition coefficient (Wildman–Crippen LogP) is 10.2. The first-order valence-electron chi connectivity index (χ1n) is 13.4. The molecule has 0 N–H and O–H groups in total. The maximum atomic E-state index is 13.6. The topological polar surface area (TPSA) is 18.5 Å². The normalized spacial score (nSPS) is 13.7. The quantitative estimate of drug-likeness (QED) is 0.0667. The molecule has 0 saturated heterocycles. The van der Waals surface area contributed by atoms with Crippen LogP contribution in [0.5, 0.6) is 0 Å². The van der Waals surface area contributed by atoms with Gasteiger partial charge in [-0.2, -0.15) is 26.3 Å². The Morgan fingerprint density at radius 1 is 0.583 bits per heavy atom. The van der Waals surface area contributed by atoms with Crippen molar-refractivity contribution in [1.29, 1.82) is 0 Å². The van der Waals surface area contributed by atoms with Gasteiger partial charge in [0.2, 0.25) is 0 Å². The fraction of sp³-hybridized carbons (Fsp3) is 1.00. The average Bonchev–Trinajstić information content (AvgIpc) is 2.79. The minimum atomic E-state index is -6.26. The third kappa shape index (κ3) is 13.9. The Morgan fingerprint density at radius 3 is 1.31 bits per heavy atom. The molecule has 0 amide bonds. The van der Waals surface area contributed by atoms with Crippen molar-refractivity contribution in [3.05, 3.63) is 0 Å². The van der Waals surface area contributed by atoms with Gasteiger partial charge in [-0.15, -0.1) is 0 Å². The molecular formula is C25H46F8O2Si. The van der Waals surface area contributed by atoms with E-state index in [1.54, 1.807) is 0 Å². The van der Waals surface area contributed by atoms with Gasteiger partial charge in [0.05, 0.1) is 0 Å². The first kappa shape index (κ1) is 35.6. The van der Waals surface area contributed by atoms with E-state index in [4.69, 9.17) is 8.85 Å². The molecule has 0 heterocycles. The highest BCUT2D eigenvalue weighted by molar-refractivity contribution is 6.64. The molecule has 2 nitrogen and oxygen atoms in total. The Labute approximate surface area is 213 Å². The summed E-state index contributed by atoms with van der Waals surface area (Å²) in [4.78, 5) is 0. The van der Waals surface area contributed by atoms with E-state index < -0.39 is 39.4 Å². The van der Waals surface area contributed by atoms with Crippen LogP contribution < -0.4 is 0 Å². The molecule has 11 heteroatoms. The molecule has 0 spiro atoms. The molecular weight excluding hydrogens is 512 g/mol. The first-order valence-corrected chi connectivity index (χ1v) is 16.2. The molecule has 0 radical (unpaired) electrons. The minimum absolute atomic E-state index is 0.160. The highest BCUT2D eigenvalue weighted by Crippen LogP contribution is 2.48. The van der Waals surface area contributed by atoms with E-state index in [0.29, 0.717) is 6.42 Å². The molecule has 0 aliphatic heterocycles. The summed E-state index contributed by atoms with van der Waals surface area (Å²) in [6.07, 6.45) is 14.1.